The van der Waals surface area contributed by atoms with E-state index in [0.29, 0.717) is 16.8 Å². The average Bonchev–Trinajstić information content (AvgIpc) is 3.07. The minimum atomic E-state index is -0.490. The van der Waals surface area contributed by atoms with E-state index < -0.39 is 4.92 Å². The molecule has 1 unspecified atom stereocenters. The molecule has 1 atom stereocenters. The van der Waals surface area contributed by atoms with E-state index in [9.17, 15) is 14.9 Å². The Morgan fingerprint density at radius 1 is 1.30 bits per heavy atom. The van der Waals surface area contributed by atoms with Gasteiger partial charge in [-0.1, -0.05) is 31.3 Å². The first-order chi connectivity index (χ1) is 13.0. The Labute approximate surface area is 160 Å². The van der Waals surface area contributed by atoms with Gasteiger partial charge in [0.25, 0.3) is 11.6 Å². The lowest BCUT2D eigenvalue weighted by Gasteiger charge is -2.07. The van der Waals surface area contributed by atoms with E-state index in [0.717, 1.165) is 16.6 Å². The fourth-order valence-corrected chi connectivity index (χ4v) is 3.44. The number of amides is 1. The molecule has 0 radical (unpaired) electrons. The van der Waals surface area contributed by atoms with Crippen molar-refractivity contribution < 1.29 is 14.5 Å². The predicted octanol–water partition coefficient (Wildman–Crippen LogP) is 4.74. The lowest BCUT2D eigenvalue weighted by atomic mass is 9.99. The molecule has 1 aromatic heterocycles. The third kappa shape index (κ3) is 4.59. The maximum atomic E-state index is 12.1. The van der Waals surface area contributed by atoms with Gasteiger partial charge in [0.05, 0.1) is 15.1 Å². The van der Waals surface area contributed by atoms with E-state index in [1.807, 2.05) is 6.07 Å². The summed E-state index contributed by atoms with van der Waals surface area (Å²) < 4.78 is 6.38. The van der Waals surface area contributed by atoms with Gasteiger partial charge in [0.1, 0.15) is 5.75 Å². The highest BCUT2D eigenvalue weighted by molar-refractivity contribution is 7.22. The molecule has 0 spiro atoms. The Kier molecular flexibility index (Phi) is 5.66. The number of non-ortho nitro benzene ring substituents is 1. The Morgan fingerprint density at radius 3 is 2.70 bits per heavy atom. The number of anilines is 1. The number of carbonyl (C=O) groups is 1. The van der Waals surface area contributed by atoms with Crippen molar-refractivity contribution >= 4 is 38.3 Å². The number of nitrogens with zero attached hydrogens (tertiary/aromatic N) is 2. The molecule has 1 heterocycles. The van der Waals surface area contributed by atoms with Crippen molar-refractivity contribution in [2.24, 2.45) is 0 Å². The first kappa shape index (κ1) is 18.8. The van der Waals surface area contributed by atoms with E-state index in [1.165, 1.54) is 41.2 Å². The van der Waals surface area contributed by atoms with Crippen molar-refractivity contribution in [3.05, 3.63) is 58.1 Å². The van der Waals surface area contributed by atoms with E-state index in [4.69, 9.17) is 4.74 Å². The van der Waals surface area contributed by atoms with Crippen LogP contribution in [0.4, 0.5) is 10.8 Å². The van der Waals surface area contributed by atoms with Gasteiger partial charge in [-0.05, 0) is 42.2 Å². The van der Waals surface area contributed by atoms with Crippen molar-refractivity contribution in [2.75, 3.05) is 11.9 Å². The molecule has 140 valence electrons. The second-order valence-electron chi connectivity index (χ2n) is 6.14. The standard InChI is InChI=1S/C19H19N3O4S/c1-3-12(2)13-4-9-16-17(10-13)27-19(20-16)21-18(23)11-26-15-7-5-14(6-8-15)22(24)25/h4-10,12H,3,11H2,1-2H3,(H,20,21,23). The first-order valence-corrected chi connectivity index (χ1v) is 9.35. The molecule has 1 N–H and O–H groups in total. The zero-order valence-corrected chi connectivity index (χ0v) is 15.8. The quantitative estimate of drug-likeness (QED) is 0.468. The van der Waals surface area contributed by atoms with Gasteiger partial charge in [0, 0.05) is 12.1 Å². The number of fused-ring (bicyclic) bond motifs is 1. The Bertz CT molecular complexity index is 969. The largest absolute Gasteiger partial charge is 0.484 e. The molecule has 0 fully saturated rings. The summed E-state index contributed by atoms with van der Waals surface area (Å²) in [5.41, 5.74) is 2.07. The summed E-state index contributed by atoms with van der Waals surface area (Å²) >= 11 is 1.42. The Balaban J connectivity index is 1.61. The van der Waals surface area contributed by atoms with Crippen LogP contribution in [-0.4, -0.2) is 22.4 Å². The number of rotatable bonds is 7. The molecule has 27 heavy (non-hydrogen) atoms. The van der Waals surface area contributed by atoms with Crippen molar-refractivity contribution in [1.29, 1.82) is 0 Å². The molecule has 7 nitrogen and oxygen atoms in total. The minimum Gasteiger partial charge on any atom is -0.484 e. The number of nitrogens with one attached hydrogen (secondary N) is 1. The molecule has 0 aliphatic heterocycles. The molecule has 0 saturated heterocycles. The number of nitro groups is 1. The minimum absolute atomic E-state index is 0.0296. The molecule has 2 aromatic carbocycles. The van der Waals surface area contributed by atoms with Crippen LogP contribution >= 0.6 is 11.3 Å². The molecule has 0 aliphatic carbocycles. The van der Waals surface area contributed by atoms with Crippen LogP contribution in [0.25, 0.3) is 10.2 Å². The number of aromatic nitrogens is 1. The number of hydrogen-bond acceptors (Lipinski definition) is 6. The molecule has 0 aliphatic rings. The number of carbonyl (C=O) groups excluding carboxylic acids is 1. The van der Waals surface area contributed by atoms with Crippen molar-refractivity contribution in [2.45, 2.75) is 26.2 Å². The van der Waals surface area contributed by atoms with Crippen molar-refractivity contribution in [3.8, 4) is 5.75 Å². The van der Waals surface area contributed by atoms with Gasteiger partial charge >= 0.3 is 0 Å². The fourth-order valence-electron chi connectivity index (χ4n) is 2.51. The van der Waals surface area contributed by atoms with Crippen LogP contribution in [0.2, 0.25) is 0 Å². The third-order valence-electron chi connectivity index (χ3n) is 4.26. The van der Waals surface area contributed by atoms with Gasteiger partial charge < -0.3 is 4.74 Å². The van der Waals surface area contributed by atoms with Crippen LogP contribution in [0.15, 0.2) is 42.5 Å². The second-order valence-corrected chi connectivity index (χ2v) is 7.17. The smallest absolute Gasteiger partial charge is 0.269 e. The summed E-state index contributed by atoms with van der Waals surface area (Å²) in [7, 11) is 0. The highest BCUT2D eigenvalue weighted by Crippen LogP contribution is 2.30. The van der Waals surface area contributed by atoms with Gasteiger partial charge in [0.2, 0.25) is 0 Å². The predicted molar refractivity (Wildman–Crippen MR) is 106 cm³/mol. The number of hydrogen-bond donors (Lipinski definition) is 1. The Morgan fingerprint density at radius 2 is 2.04 bits per heavy atom. The van der Waals surface area contributed by atoms with Gasteiger partial charge in [-0.15, -0.1) is 0 Å². The van der Waals surface area contributed by atoms with Crippen molar-refractivity contribution in [1.82, 2.24) is 4.98 Å². The topological polar surface area (TPSA) is 94.4 Å². The SMILES string of the molecule is CCC(C)c1ccc2nc(NC(=O)COc3ccc([N+](=O)[O-])cc3)sc2c1. The molecule has 1 amide bonds. The lowest BCUT2D eigenvalue weighted by Crippen LogP contribution is -2.19. The summed E-state index contributed by atoms with van der Waals surface area (Å²) in [4.78, 5) is 26.6. The first-order valence-electron chi connectivity index (χ1n) is 8.54. The van der Waals surface area contributed by atoms with E-state index in [2.05, 4.69) is 36.3 Å². The van der Waals surface area contributed by atoms with Crippen LogP contribution in [-0.2, 0) is 4.79 Å². The van der Waals surface area contributed by atoms with Crippen molar-refractivity contribution in [3.63, 3.8) is 0 Å². The maximum absolute atomic E-state index is 12.1. The summed E-state index contributed by atoms with van der Waals surface area (Å²) in [6.45, 7) is 4.13. The highest BCUT2D eigenvalue weighted by atomic mass is 32.1. The molecule has 0 saturated carbocycles. The van der Waals surface area contributed by atoms with Crippen LogP contribution in [0, 0.1) is 10.1 Å². The van der Waals surface area contributed by atoms with Gasteiger partial charge in [-0.25, -0.2) is 4.98 Å². The number of thiazole rings is 1. The fraction of sp³-hybridized carbons (Fsp3) is 0.263. The second kappa shape index (κ2) is 8.13. The summed E-state index contributed by atoms with van der Waals surface area (Å²) in [6, 6.07) is 11.7. The van der Waals surface area contributed by atoms with Crippen LogP contribution < -0.4 is 10.1 Å². The molecular weight excluding hydrogens is 366 g/mol. The highest BCUT2D eigenvalue weighted by Gasteiger charge is 2.11. The maximum Gasteiger partial charge on any atom is 0.269 e. The number of ether oxygens (including phenoxy) is 1. The normalized spacial score (nSPS) is 11.9. The third-order valence-corrected chi connectivity index (χ3v) is 5.19. The zero-order valence-electron chi connectivity index (χ0n) is 15.0. The zero-order chi connectivity index (χ0) is 19.4. The Hall–Kier alpha value is -3.00. The van der Waals surface area contributed by atoms with Gasteiger partial charge in [0.15, 0.2) is 11.7 Å². The van der Waals surface area contributed by atoms with Crippen LogP contribution in [0.3, 0.4) is 0 Å². The van der Waals surface area contributed by atoms with Crippen LogP contribution in [0.5, 0.6) is 5.75 Å². The summed E-state index contributed by atoms with van der Waals surface area (Å²) in [6.07, 6.45) is 1.06. The van der Waals surface area contributed by atoms with E-state index >= 15 is 0 Å². The molecule has 8 heteroatoms. The summed E-state index contributed by atoms with van der Waals surface area (Å²) in [5, 5.41) is 13.9. The molecular formula is C19H19N3O4S. The molecule has 3 rings (SSSR count). The van der Waals surface area contributed by atoms with Crippen LogP contribution in [0.1, 0.15) is 31.7 Å². The molecule has 0 bridgehead atoms. The summed E-state index contributed by atoms with van der Waals surface area (Å²) in [5.74, 6) is 0.525. The number of benzene rings is 2. The van der Waals surface area contributed by atoms with E-state index in [1.54, 1.807) is 0 Å². The lowest BCUT2D eigenvalue weighted by molar-refractivity contribution is -0.384. The molecule has 3 aromatic rings. The average molecular weight is 385 g/mol. The monoisotopic (exact) mass is 385 g/mol. The van der Waals surface area contributed by atoms with Gasteiger partial charge in [-0.3, -0.25) is 20.2 Å². The number of nitro benzene ring substituents is 1. The van der Waals surface area contributed by atoms with Gasteiger partial charge in [-0.2, -0.15) is 0 Å². The van der Waals surface area contributed by atoms with E-state index in [-0.39, 0.29) is 18.2 Å².